The molecule has 1 saturated carbocycles. The number of rotatable bonds is 3. The van der Waals surface area contributed by atoms with Crippen LogP contribution in [0.15, 0.2) is 18.2 Å². The van der Waals surface area contributed by atoms with Crippen LogP contribution >= 0.6 is 0 Å². The quantitative estimate of drug-likeness (QED) is 0.783. The number of benzene rings is 1. The Morgan fingerprint density at radius 1 is 1.50 bits per heavy atom. The standard InChI is InChI=1S/C12H16FN/c1-8-6-11(13)5-4-10(8)7-12(14)9-2-3-9/h4-6,9,12H,2-3,7,14H2,1H3. The smallest absolute Gasteiger partial charge is 0.123 e. The molecule has 0 heterocycles. The second kappa shape index (κ2) is 3.70. The molecule has 1 unspecified atom stereocenters. The van der Waals surface area contributed by atoms with Crippen LogP contribution in [0, 0.1) is 18.7 Å². The molecule has 1 aromatic rings. The highest BCUT2D eigenvalue weighted by molar-refractivity contribution is 5.27. The molecule has 1 aliphatic rings. The molecule has 1 aromatic carbocycles. The fraction of sp³-hybridized carbons (Fsp3) is 0.500. The van der Waals surface area contributed by atoms with Gasteiger partial charge in [0.1, 0.15) is 5.82 Å². The summed E-state index contributed by atoms with van der Waals surface area (Å²) in [6.07, 6.45) is 3.42. The molecule has 2 heteroatoms. The van der Waals surface area contributed by atoms with Gasteiger partial charge in [0.05, 0.1) is 0 Å². The summed E-state index contributed by atoms with van der Waals surface area (Å²) in [4.78, 5) is 0. The second-order valence-corrected chi connectivity index (χ2v) is 4.28. The molecule has 0 aliphatic heterocycles. The van der Waals surface area contributed by atoms with Crippen molar-refractivity contribution in [2.75, 3.05) is 0 Å². The van der Waals surface area contributed by atoms with Crippen LogP contribution < -0.4 is 5.73 Å². The van der Waals surface area contributed by atoms with Crippen LogP contribution in [0.25, 0.3) is 0 Å². The molecule has 76 valence electrons. The Kier molecular flexibility index (Phi) is 2.55. The zero-order valence-electron chi connectivity index (χ0n) is 8.46. The minimum Gasteiger partial charge on any atom is -0.327 e. The van der Waals surface area contributed by atoms with E-state index >= 15 is 0 Å². The van der Waals surface area contributed by atoms with Gasteiger partial charge < -0.3 is 5.73 Å². The van der Waals surface area contributed by atoms with Crippen molar-refractivity contribution in [3.05, 3.63) is 35.1 Å². The zero-order valence-corrected chi connectivity index (χ0v) is 8.46. The zero-order chi connectivity index (χ0) is 10.1. The van der Waals surface area contributed by atoms with E-state index < -0.39 is 0 Å². The van der Waals surface area contributed by atoms with Crippen molar-refractivity contribution in [1.82, 2.24) is 0 Å². The first-order valence-electron chi connectivity index (χ1n) is 5.17. The van der Waals surface area contributed by atoms with Gasteiger partial charge in [-0.1, -0.05) is 6.07 Å². The normalized spacial score (nSPS) is 18.2. The Morgan fingerprint density at radius 3 is 2.79 bits per heavy atom. The SMILES string of the molecule is Cc1cc(F)ccc1CC(N)C1CC1. The summed E-state index contributed by atoms with van der Waals surface area (Å²) in [5, 5.41) is 0. The van der Waals surface area contributed by atoms with Crippen LogP contribution in [0.5, 0.6) is 0 Å². The van der Waals surface area contributed by atoms with Crippen molar-refractivity contribution in [1.29, 1.82) is 0 Å². The molecule has 0 aromatic heterocycles. The van der Waals surface area contributed by atoms with Crippen molar-refractivity contribution in [2.24, 2.45) is 11.7 Å². The van der Waals surface area contributed by atoms with Gasteiger partial charge in [0.2, 0.25) is 0 Å². The van der Waals surface area contributed by atoms with Crippen molar-refractivity contribution >= 4 is 0 Å². The van der Waals surface area contributed by atoms with Crippen molar-refractivity contribution in [3.63, 3.8) is 0 Å². The highest BCUT2D eigenvalue weighted by Crippen LogP contribution is 2.33. The van der Waals surface area contributed by atoms with Gasteiger partial charge in [-0.05, 0) is 55.4 Å². The maximum absolute atomic E-state index is 12.8. The van der Waals surface area contributed by atoms with E-state index in [0.717, 1.165) is 12.0 Å². The number of hydrogen-bond acceptors (Lipinski definition) is 1. The Bertz CT molecular complexity index is 331. The fourth-order valence-corrected chi connectivity index (χ4v) is 1.83. The van der Waals surface area contributed by atoms with Gasteiger partial charge in [-0.25, -0.2) is 4.39 Å². The number of aryl methyl sites for hydroxylation is 1. The van der Waals surface area contributed by atoms with Gasteiger partial charge in [-0.3, -0.25) is 0 Å². The van der Waals surface area contributed by atoms with E-state index in [2.05, 4.69) is 0 Å². The summed E-state index contributed by atoms with van der Waals surface area (Å²) in [6.45, 7) is 1.94. The van der Waals surface area contributed by atoms with Gasteiger partial charge in [-0.15, -0.1) is 0 Å². The predicted molar refractivity (Wildman–Crippen MR) is 55.5 cm³/mol. The van der Waals surface area contributed by atoms with E-state index in [1.165, 1.54) is 24.5 Å². The lowest BCUT2D eigenvalue weighted by Gasteiger charge is -2.12. The maximum atomic E-state index is 12.8. The largest absolute Gasteiger partial charge is 0.327 e. The summed E-state index contributed by atoms with van der Waals surface area (Å²) >= 11 is 0. The van der Waals surface area contributed by atoms with Gasteiger partial charge in [0, 0.05) is 6.04 Å². The van der Waals surface area contributed by atoms with Crippen LogP contribution in [0.1, 0.15) is 24.0 Å². The number of nitrogens with two attached hydrogens (primary N) is 1. The molecule has 2 N–H and O–H groups in total. The molecule has 1 nitrogen and oxygen atoms in total. The van der Waals surface area contributed by atoms with Crippen molar-refractivity contribution in [3.8, 4) is 0 Å². The minimum atomic E-state index is -0.161. The molecule has 1 fully saturated rings. The van der Waals surface area contributed by atoms with Gasteiger partial charge in [0.15, 0.2) is 0 Å². The van der Waals surface area contributed by atoms with Crippen LogP contribution in [-0.4, -0.2) is 6.04 Å². The monoisotopic (exact) mass is 193 g/mol. The van der Waals surface area contributed by atoms with Crippen LogP contribution in [-0.2, 0) is 6.42 Å². The van der Waals surface area contributed by atoms with Gasteiger partial charge in [-0.2, -0.15) is 0 Å². The third-order valence-corrected chi connectivity index (χ3v) is 2.99. The molecule has 0 radical (unpaired) electrons. The molecule has 1 aliphatic carbocycles. The second-order valence-electron chi connectivity index (χ2n) is 4.28. The van der Waals surface area contributed by atoms with E-state index in [0.29, 0.717) is 5.92 Å². The lowest BCUT2D eigenvalue weighted by Crippen LogP contribution is -2.25. The van der Waals surface area contributed by atoms with E-state index in [1.807, 2.05) is 13.0 Å². The molecule has 0 amide bonds. The predicted octanol–water partition coefficient (Wildman–Crippen LogP) is 2.41. The summed E-state index contributed by atoms with van der Waals surface area (Å²) in [6, 6.07) is 5.21. The average Bonchev–Trinajstić information content (AvgIpc) is 2.92. The summed E-state index contributed by atoms with van der Waals surface area (Å²) < 4.78 is 12.8. The average molecular weight is 193 g/mol. The van der Waals surface area contributed by atoms with Crippen LogP contribution in [0.3, 0.4) is 0 Å². The number of halogens is 1. The molecule has 1 atom stereocenters. The Labute approximate surface area is 84.1 Å². The fourth-order valence-electron chi connectivity index (χ4n) is 1.83. The lowest BCUT2D eigenvalue weighted by molar-refractivity contribution is 0.586. The van der Waals surface area contributed by atoms with Gasteiger partial charge in [0.25, 0.3) is 0 Å². The Hall–Kier alpha value is -0.890. The Balaban J connectivity index is 2.07. The molecule has 0 spiro atoms. The Morgan fingerprint density at radius 2 is 2.21 bits per heavy atom. The summed E-state index contributed by atoms with van der Waals surface area (Å²) in [5.74, 6) is 0.547. The third-order valence-electron chi connectivity index (χ3n) is 2.99. The van der Waals surface area contributed by atoms with Crippen LogP contribution in [0.4, 0.5) is 4.39 Å². The van der Waals surface area contributed by atoms with Crippen molar-refractivity contribution < 1.29 is 4.39 Å². The first kappa shape index (κ1) is 9.66. The lowest BCUT2D eigenvalue weighted by atomic mass is 9.99. The highest BCUT2D eigenvalue weighted by Gasteiger charge is 2.28. The summed E-state index contributed by atoms with van der Waals surface area (Å²) in [7, 11) is 0. The number of hydrogen-bond donors (Lipinski definition) is 1. The van der Waals surface area contributed by atoms with E-state index in [-0.39, 0.29) is 11.9 Å². The topological polar surface area (TPSA) is 26.0 Å². The van der Waals surface area contributed by atoms with Gasteiger partial charge >= 0.3 is 0 Å². The van der Waals surface area contributed by atoms with E-state index in [4.69, 9.17) is 5.73 Å². The van der Waals surface area contributed by atoms with Crippen molar-refractivity contribution in [2.45, 2.75) is 32.2 Å². The minimum absolute atomic E-state index is 0.161. The molecule has 0 saturated heterocycles. The molecular formula is C12H16FN. The highest BCUT2D eigenvalue weighted by atomic mass is 19.1. The molecular weight excluding hydrogens is 177 g/mol. The summed E-state index contributed by atoms with van der Waals surface area (Å²) in [5.41, 5.74) is 8.23. The maximum Gasteiger partial charge on any atom is 0.123 e. The molecule has 2 rings (SSSR count). The van der Waals surface area contributed by atoms with E-state index in [1.54, 1.807) is 6.07 Å². The van der Waals surface area contributed by atoms with Crippen LogP contribution in [0.2, 0.25) is 0 Å². The first-order valence-corrected chi connectivity index (χ1v) is 5.17. The molecule has 14 heavy (non-hydrogen) atoms. The van der Waals surface area contributed by atoms with E-state index in [9.17, 15) is 4.39 Å². The third kappa shape index (κ3) is 2.13. The molecule has 0 bridgehead atoms. The first-order chi connectivity index (χ1) is 6.66.